The third-order valence-electron chi connectivity index (χ3n) is 3.52. The molecule has 1 aromatic heterocycles. The first-order valence-corrected chi connectivity index (χ1v) is 7.88. The molecular weight excluding hydrogens is 274 g/mol. The van der Waals surface area contributed by atoms with Crippen LogP contribution in [0.25, 0.3) is 11.0 Å². The van der Waals surface area contributed by atoms with Crippen LogP contribution in [0.1, 0.15) is 30.3 Å². The van der Waals surface area contributed by atoms with Gasteiger partial charge in [0.2, 0.25) is 0 Å². The third-order valence-corrected chi connectivity index (χ3v) is 4.09. The number of ketones is 1. The number of hydrogen-bond acceptors (Lipinski definition) is 5. The molecule has 1 heterocycles. The number of ether oxygens (including phenoxy) is 1. The summed E-state index contributed by atoms with van der Waals surface area (Å²) in [6.07, 6.45) is 4.34. The predicted molar refractivity (Wildman–Crippen MR) is 80.3 cm³/mol. The standard InChI is InChI=1S/C15H17NO3S/c1-9(17)14-5-10-3-4-12(8-15(10)19-14)18-13-6-11(7-13)16-20-2/h3-5,8,11,13,16H,6-7H2,1-2H3. The van der Waals surface area contributed by atoms with Gasteiger partial charge in [-0.2, -0.15) is 0 Å². The second-order valence-electron chi connectivity index (χ2n) is 5.10. The molecule has 106 valence electrons. The van der Waals surface area contributed by atoms with E-state index in [1.54, 1.807) is 18.0 Å². The minimum absolute atomic E-state index is 0.0614. The van der Waals surface area contributed by atoms with Gasteiger partial charge in [0, 0.05) is 37.3 Å². The van der Waals surface area contributed by atoms with E-state index in [0.29, 0.717) is 17.4 Å². The van der Waals surface area contributed by atoms with Crippen LogP contribution in [0.15, 0.2) is 28.7 Å². The zero-order valence-electron chi connectivity index (χ0n) is 11.5. The lowest BCUT2D eigenvalue weighted by molar-refractivity contribution is 0.0955. The van der Waals surface area contributed by atoms with Crippen LogP contribution in [0, 0.1) is 0 Å². The molecule has 5 heteroatoms. The molecule has 2 aromatic rings. The summed E-state index contributed by atoms with van der Waals surface area (Å²) in [4.78, 5) is 11.3. The van der Waals surface area contributed by atoms with E-state index in [0.717, 1.165) is 24.0 Å². The Kier molecular flexibility index (Phi) is 3.72. The van der Waals surface area contributed by atoms with Crippen molar-refractivity contribution in [3.8, 4) is 5.75 Å². The van der Waals surface area contributed by atoms with Gasteiger partial charge in [-0.05, 0) is 24.5 Å². The highest BCUT2D eigenvalue weighted by molar-refractivity contribution is 7.96. The van der Waals surface area contributed by atoms with Crippen molar-refractivity contribution in [2.24, 2.45) is 0 Å². The molecule has 0 amide bonds. The highest BCUT2D eigenvalue weighted by atomic mass is 32.2. The van der Waals surface area contributed by atoms with Gasteiger partial charge in [-0.15, -0.1) is 0 Å². The molecule has 20 heavy (non-hydrogen) atoms. The first kappa shape index (κ1) is 13.5. The maximum atomic E-state index is 11.3. The van der Waals surface area contributed by atoms with E-state index in [1.807, 2.05) is 24.5 Å². The van der Waals surface area contributed by atoms with Gasteiger partial charge in [-0.3, -0.25) is 9.52 Å². The van der Waals surface area contributed by atoms with Crippen molar-refractivity contribution in [1.82, 2.24) is 4.72 Å². The van der Waals surface area contributed by atoms with Crippen molar-refractivity contribution in [2.45, 2.75) is 31.9 Å². The molecule has 1 aliphatic rings. The number of carbonyl (C=O) groups excluding carboxylic acids is 1. The monoisotopic (exact) mass is 291 g/mol. The van der Waals surface area contributed by atoms with Gasteiger partial charge >= 0.3 is 0 Å². The zero-order valence-corrected chi connectivity index (χ0v) is 12.3. The van der Waals surface area contributed by atoms with Crippen LogP contribution in [-0.2, 0) is 0 Å². The average molecular weight is 291 g/mol. The van der Waals surface area contributed by atoms with E-state index in [2.05, 4.69) is 4.72 Å². The first-order valence-electron chi connectivity index (χ1n) is 6.65. The first-order chi connectivity index (χ1) is 9.65. The number of rotatable bonds is 5. The van der Waals surface area contributed by atoms with Gasteiger partial charge in [0.15, 0.2) is 11.5 Å². The second-order valence-corrected chi connectivity index (χ2v) is 5.74. The van der Waals surface area contributed by atoms with Crippen molar-refractivity contribution in [3.05, 3.63) is 30.0 Å². The average Bonchev–Trinajstić information content (AvgIpc) is 2.79. The maximum Gasteiger partial charge on any atom is 0.194 e. The summed E-state index contributed by atoms with van der Waals surface area (Å²) in [7, 11) is 0. The number of benzene rings is 1. The number of Topliss-reactive ketones (excluding diaryl/α,β-unsaturated/α-hetero) is 1. The van der Waals surface area contributed by atoms with Crippen LogP contribution in [0.2, 0.25) is 0 Å². The number of fused-ring (bicyclic) bond motifs is 1. The van der Waals surface area contributed by atoms with E-state index < -0.39 is 0 Å². The van der Waals surface area contributed by atoms with Crippen LogP contribution >= 0.6 is 11.9 Å². The molecule has 0 spiro atoms. The van der Waals surface area contributed by atoms with Crippen molar-refractivity contribution in [1.29, 1.82) is 0 Å². The lowest BCUT2D eigenvalue weighted by Crippen LogP contribution is -2.44. The Morgan fingerprint density at radius 1 is 1.40 bits per heavy atom. The normalized spacial score (nSPS) is 21.7. The maximum absolute atomic E-state index is 11.3. The summed E-state index contributed by atoms with van der Waals surface area (Å²) in [5.74, 6) is 1.13. The molecule has 1 aliphatic carbocycles. The smallest absolute Gasteiger partial charge is 0.194 e. The highest BCUT2D eigenvalue weighted by Crippen LogP contribution is 2.30. The Morgan fingerprint density at radius 3 is 2.90 bits per heavy atom. The number of furan rings is 1. The van der Waals surface area contributed by atoms with Crippen LogP contribution in [0.4, 0.5) is 0 Å². The van der Waals surface area contributed by atoms with Crippen LogP contribution in [-0.4, -0.2) is 24.2 Å². The molecule has 0 aliphatic heterocycles. The molecule has 1 N–H and O–H groups in total. The zero-order chi connectivity index (χ0) is 14.1. The Hall–Kier alpha value is -1.46. The van der Waals surface area contributed by atoms with E-state index in [9.17, 15) is 4.79 Å². The van der Waals surface area contributed by atoms with Gasteiger partial charge in [-0.1, -0.05) is 11.9 Å². The Labute approximate surface area is 122 Å². The predicted octanol–water partition coefficient (Wildman–Crippen LogP) is 3.41. The number of nitrogens with one attached hydrogen (secondary N) is 1. The van der Waals surface area contributed by atoms with Gasteiger partial charge < -0.3 is 9.15 Å². The molecule has 0 atom stereocenters. The molecule has 3 rings (SSSR count). The van der Waals surface area contributed by atoms with E-state index >= 15 is 0 Å². The summed E-state index contributed by atoms with van der Waals surface area (Å²) in [6, 6.07) is 8.03. The van der Waals surface area contributed by atoms with Crippen LogP contribution < -0.4 is 9.46 Å². The SMILES string of the molecule is CSNC1CC(Oc2ccc3cc(C(C)=O)oc3c2)C1. The van der Waals surface area contributed by atoms with E-state index in [1.165, 1.54) is 6.92 Å². The second kappa shape index (κ2) is 5.50. The van der Waals surface area contributed by atoms with Gasteiger partial charge in [0.25, 0.3) is 0 Å². The van der Waals surface area contributed by atoms with Gasteiger partial charge in [0.1, 0.15) is 17.4 Å². The third kappa shape index (κ3) is 2.69. The fourth-order valence-corrected chi connectivity index (χ4v) is 2.90. The van der Waals surface area contributed by atoms with Crippen molar-refractivity contribution < 1.29 is 13.9 Å². The van der Waals surface area contributed by atoms with Gasteiger partial charge in [0.05, 0.1) is 0 Å². The van der Waals surface area contributed by atoms with Crippen molar-refractivity contribution in [3.63, 3.8) is 0 Å². The molecular formula is C15H17NO3S. The summed E-state index contributed by atoms with van der Waals surface area (Å²) >= 11 is 1.65. The molecule has 1 aromatic carbocycles. The molecule has 1 fully saturated rings. The summed E-state index contributed by atoms with van der Waals surface area (Å²) in [5.41, 5.74) is 0.700. The Balaban J connectivity index is 1.69. The fourth-order valence-electron chi connectivity index (χ4n) is 2.38. The topological polar surface area (TPSA) is 51.5 Å². The fraction of sp³-hybridized carbons (Fsp3) is 0.400. The summed E-state index contributed by atoms with van der Waals surface area (Å²) in [6.45, 7) is 1.50. The minimum atomic E-state index is -0.0614. The van der Waals surface area contributed by atoms with Crippen molar-refractivity contribution >= 4 is 28.7 Å². The highest BCUT2D eigenvalue weighted by Gasteiger charge is 2.30. The lowest BCUT2D eigenvalue weighted by Gasteiger charge is -2.35. The summed E-state index contributed by atoms with van der Waals surface area (Å²) < 4.78 is 14.8. The van der Waals surface area contributed by atoms with E-state index in [4.69, 9.17) is 9.15 Å². The quantitative estimate of drug-likeness (QED) is 0.676. The number of hydrogen-bond donors (Lipinski definition) is 1. The van der Waals surface area contributed by atoms with E-state index in [-0.39, 0.29) is 11.9 Å². The number of carbonyl (C=O) groups is 1. The molecule has 4 nitrogen and oxygen atoms in total. The Morgan fingerprint density at radius 2 is 2.20 bits per heavy atom. The lowest BCUT2D eigenvalue weighted by atomic mass is 9.90. The molecule has 0 unspecified atom stereocenters. The molecule has 0 saturated heterocycles. The Bertz CT molecular complexity index is 631. The minimum Gasteiger partial charge on any atom is -0.490 e. The summed E-state index contributed by atoms with van der Waals surface area (Å²) in [5, 5.41) is 0.929. The largest absolute Gasteiger partial charge is 0.490 e. The van der Waals surface area contributed by atoms with Crippen LogP contribution in [0.5, 0.6) is 5.75 Å². The van der Waals surface area contributed by atoms with Crippen LogP contribution in [0.3, 0.4) is 0 Å². The molecule has 0 bridgehead atoms. The van der Waals surface area contributed by atoms with Gasteiger partial charge in [-0.25, -0.2) is 0 Å². The molecule has 0 radical (unpaired) electrons. The van der Waals surface area contributed by atoms with Crippen molar-refractivity contribution in [2.75, 3.05) is 6.26 Å². The molecule has 1 saturated carbocycles.